The highest BCUT2D eigenvalue weighted by Gasteiger charge is 2.38. The Kier molecular flexibility index (Phi) is 4.82. The molecule has 0 aromatic heterocycles. The van der Waals surface area contributed by atoms with Crippen molar-refractivity contribution >= 4 is 17.8 Å². The maximum atomic E-state index is 12.4. The van der Waals surface area contributed by atoms with Gasteiger partial charge >= 0.3 is 5.97 Å². The molecule has 0 spiro atoms. The maximum Gasteiger partial charge on any atom is 0.334 e. The van der Waals surface area contributed by atoms with Gasteiger partial charge in [0, 0.05) is 26.1 Å². The second-order valence-electron chi connectivity index (χ2n) is 6.08. The third-order valence-electron chi connectivity index (χ3n) is 3.80. The Bertz CT molecular complexity index is 437. The lowest BCUT2D eigenvalue weighted by molar-refractivity contribution is -0.160. The first-order valence-electron chi connectivity index (χ1n) is 7.29. The highest BCUT2D eigenvalue weighted by Crippen LogP contribution is 2.22. The van der Waals surface area contributed by atoms with Crippen LogP contribution in [0.4, 0.5) is 0 Å². The molecule has 118 valence electrons. The van der Waals surface area contributed by atoms with Crippen molar-refractivity contribution in [1.82, 2.24) is 9.80 Å². The summed E-state index contributed by atoms with van der Waals surface area (Å²) < 4.78 is 5.11. The number of carbonyl (C=O) groups excluding carboxylic acids is 2. The molecule has 2 aliphatic heterocycles. The summed E-state index contributed by atoms with van der Waals surface area (Å²) in [6.07, 6.45) is -0.743. The van der Waals surface area contributed by atoms with Gasteiger partial charge in [0.2, 0.25) is 11.8 Å². The van der Waals surface area contributed by atoms with Crippen LogP contribution in [0.1, 0.15) is 20.3 Å². The van der Waals surface area contributed by atoms with Gasteiger partial charge in [-0.05, 0) is 5.92 Å². The second kappa shape index (κ2) is 6.43. The lowest BCUT2D eigenvalue weighted by Gasteiger charge is -2.32. The Morgan fingerprint density at radius 3 is 2.71 bits per heavy atom. The van der Waals surface area contributed by atoms with E-state index in [4.69, 9.17) is 9.84 Å². The number of carboxylic acids is 1. The molecular formula is C14H22N2O5. The molecule has 2 aliphatic rings. The molecule has 0 radical (unpaired) electrons. The third-order valence-corrected chi connectivity index (χ3v) is 3.80. The van der Waals surface area contributed by atoms with Crippen LogP contribution in [0, 0.1) is 11.8 Å². The molecule has 7 nitrogen and oxygen atoms in total. The fraction of sp³-hybridized carbons (Fsp3) is 0.786. The van der Waals surface area contributed by atoms with Crippen molar-refractivity contribution in [2.75, 3.05) is 32.8 Å². The normalized spacial score (nSPS) is 26.5. The standard InChI is InChI=1S/C14H22N2O5/c1-9(2)6-16-7-10(5-12(16)17)13(18)15-3-4-21-11(8-15)14(19)20/h9-11H,3-8H2,1-2H3,(H,19,20). The van der Waals surface area contributed by atoms with Gasteiger partial charge in [0.25, 0.3) is 0 Å². The summed E-state index contributed by atoms with van der Waals surface area (Å²) in [4.78, 5) is 38.5. The number of ether oxygens (including phenoxy) is 1. The number of rotatable bonds is 4. The van der Waals surface area contributed by atoms with Gasteiger partial charge in [0.05, 0.1) is 19.1 Å². The minimum Gasteiger partial charge on any atom is -0.479 e. The van der Waals surface area contributed by atoms with Crippen molar-refractivity contribution in [3.05, 3.63) is 0 Å². The molecule has 1 N–H and O–H groups in total. The minimum absolute atomic E-state index is 0.00472. The van der Waals surface area contributed by atoms with E-state index in [-0.39, 0.29) is 37.3 Å². The van der Waals surface area contributed by atoms with E-state index >= 15 is 0 Å². The van der Waals surface area contributed by atoms with Crippen LogP contribution in [0.2, 0.25) is 0 Å². The molecule has 2 amide bonds. The zero-order valence-corrected chi connectivity index (χ0v) is 12.4. The first-order chi connectivity index (χ1) is 9.88. The number of amides is 2. The second-order valence-corrected chi connectivity index (χ2v) is 6.08. The summed E-state index contributed by atoms with van der Waals surface area (Å²) in [5.74, 6) is -1.18. The molecule has 21 heavy (non-hydrogen) atoms. The fourth-order valence-electron chi connectivity index (χ4n) is 2.81. The summed E-state index contributed by atoms with van der Waals surface area (Å²) in [6.45, 7) is 5.82. The van der Waals surface area contributed by atoms with Crippen molar-refractivity contribution in [2.45, 2.75) is 26.4 Å². The lowest BCUT2D eigenvalue weighted by atomic mass is 10.1. The molecule has 0 aliphatic carbocycles. The Labute approximate surface area is 123 Å². The van der Waals surface area contributed by atoms with Gasteiger partial charge in [-0.15, -0.1) is 0 Å². The van der Waals surface area contributed by atoms with Crippen molar-refractivity contribution in [2.24, 2.45) is 11.8 Å². The molecule has 0 aromatic carbocycles. The summed E-state index contributed by atoms with van der Waals surface area (Å²) in [5, 5.41) is 8.96. The molecular weight excluding hydrogens is 276 g/mol. The first kappa shape index (κ1) is 15.8. The number of carbonyl (C=O) groups is 3. The highest BCUT2D eigenvalue weighted by molar-refractivity contribution is 5.89. The van der Waals surface area contributed by atoms with Crippen molar-refractivity contribution in [3.63, 3.8) is 0 Å². The lowest BCUT2D eigenvalue weighted by Crippen LogP contribution is -2.50. The van der Waals surface area contributed by atoms with E-state index < -0.39 is 12.1 Å². The van der Waals surface area contributed by atoms with Crippen LogP contribution < -0.4 is 0 Å². The first-order valence-corrected chi connectivity index (χ1v) is 7.29. The number of hydrogen-bond acceptors (Lipinski definition) is 4. The van der Waals surface area contributed by atoms with E-state index in [0.29, 0.717) is 25.6 Å². The van der Waals surface area contributed by atoms with Crippen molar-refractivity contribution in [1.29, 1.82) is 0 Å². The van der Waals surface area contributed by atoms with Gasteiger partial charge < -0.3 is 19.6 Å². The zero-order valence-electron chi connectivity index (χ0n) is 12.4. The molecule has 7 heteroatoms. The number of morpholine rings is 1. The average Bonchev–Trinajstić information content (AvgIpc) is 2.78. The number of likely N-dealkylation sites (tertiary alicyclic amines) is 1. The van der Waals surface area contributed by atoms with E-state index in [2.05, 4.69) is 0 Å². The van der Waals surface area contributed by atoms with Crippen LogP contribution in [0.5, 0.6) is 0 Å². The highest BCUT2D eigenvalue weighted by atomic mass is 16.5. The summed E-state index contributed by atoms with van der Waals surface area (Å²) in [6, 6.07) is 0. The average molecular weight is 298 g/mol. The predicted molar refractivity (Wildman–Crippen MR) is 73.5 cm³/mol. The molecule has 0 aromatic rings. The molecule has 2 saturated heterocycles. The van der Waals surface area contributed by atoms with E-state index in [1.807, 2.05) is 13.8 Å². The number of aliphatic carboxylic acids is 1. The van der Waals surface area contributed by atoms with Crippen LogP contribution in [0.15, 0.2) is 0 Å². The van der Waals surface area contributed by atoms with Crippen LogP contribution in [-0.2, 0) is 19.1 Å². The minimum atomic E-state index is -1.06. The van der Waals surface area contributed by atoms with Crippen LogP contribution in [0.25, 0.3) is 0 Å². The molecule has 2 heterocycles. The van der Waals surface area contributed by atoms with Crippen molar-refractivity contribution in [3.8, 4) is 0 Å². The van der Waals surface area contributed by atoms with Crippen LogP contribution >= 0.6 is 0 Å². The van der Waals surface area contributed by atoms with Gasteiger partial charge in [-0.25, -0.2) is 4.79 Å². The molecule has 2 atom stereocenters. The van der Waals surface area contributed by atoms with Gasteiger partial charge in [0.1, 0.15) is 0 Å². The number of hydrogen-bond donors (Lipinski definition) is 1. The summed E-state index contributed by atoms with van der Waals surface area (Å²) in [7, 11) is 0. The van der Waals surface area contributed by atoms with Gasteiger partial charge in [-0.2, -0.15) is 0 Å². The fourth-order valence-corrected chi connectivity index (χ4v) is 2.81. The quantitative estimate of drug-likeness (QED) is 0.777. The third kappa shape index (κ3) is 3.72. The predicted octanol–water partition coefficient (Wildman–Crippen LogP) is -0.197. The SMILES string of the molecule is CC(C)CN1CC(C(=O)N2CCOC(C(=O)O)C2)CC1=O. The monoisotopic (exact) mass is 298 g/mol. The zero-order chi connectivity index (χ0) is 15.6. The topological polar surface area (TPSA) is 87.2 Å². The Morgan fingerprint density at radius 2 is 2.10 bits per heavy atom. The van der Waals surface area contributed by atoms with Crippen molar-refractivity contribution < 1.29 is 24.2 Å². The van der Waals surface area contributed by atoms with E-state index in [9.17, 15) is 14.4 Å². The van der Waals surface area contributed by atoms with Gasteiger partial charge in [-0.3, -0.25) is 9.59 Å². The maximum absolute atomic E-state index is 12.4. The largest absolute Gasteiger partial charge is 0.479 e. The Morgan fingerprint density at radius 1 is 1.38 bits per heavy atom. The molecule has 2 rings (SSSR count). The molecule has 2 fully saturated rings. The van der Waals surface area contributed by atoms with Gasteiger partial charge in [0.15, 0.2) is 6.10 Å². The van der Waals surface area contributed by atoms with Gasteiger partial charge in [-0.1, -0.05) is 13.8 Å². The van der Waals surface area contributed by atoms with E-state index in [0.717, 1.165) is 0 Å². The molecule has 2 unspecified atom stereocenters. The van der Waals surface area contributed by atoms with E-state index in [1.54, 1.807) is 4.90 Å². The molecule has 0 bridgehead atoms. The molecule has 0 saturated carbocycles. The Balaban J connectivity index is 1.94. The summed E-state index contributed by atoms with van der Waals surface area (Å²) in [5.41, 5.74) is 0. The van der Waals surface area contributed by atoms with E-state index in [1.165, 1.54) is 4.90 Å². The number of carboxylic acid groups (broad SMARTS) is 1. The Hall–Kier alpha value is -1.63. The summed E-state index contributed by atoms with van der Waals surface area (Å²) >= 11 is 0. The number of nitrogens with zero attached hydrogens (tertiary/aromatic N) is 2. The van der Waals surface area contributed by atoms with Crippen LogP contribution in [0.3, 0.4) is 0 Å². The smallest absolute Gasteiger partial charge is 0.334 e. The van der Waals surface area contributed by atoms with Crippen LogP contribution in [-0.4, -0.2) is 71.6 Å².